The van der Waals surface area contributed by atoms with Gasteiger partial charge in [0.05, 0.1) is 0 Å². The van der Waals surface area contributed by atoms with E-state index in [4.69, 9.17) is 0 Å². The lowest BCUT2D eigenvalue weighted by Gasteiger charge is -2.39. The number of rotatable bonds is 5. The molecule has 2 heteroatoms. The summed E-state index contributed by atoms with van der Waals surface area (Å²) in [5, 5.41) is 0. The van der Waals surface area contributed by atoms with E-state index >= 15 is 0 Å². The SMILES string of the molecule is C=C(CC(C(C)=O)C(C)(C)C)C(C)N(C)C(C)(C)C. The van der Waals surface area contributed by atoms with E-state index in [9.17, 15) is 4.79 Å². The maximum absolute atomic E-state index is 11.9. The molecule has 0 bridgehead atoms. The fraction of sp³-hybridized carbons (Fsp3) is 0.824. The van der Waals surface area contributed by atoms with E-state index in [1.807, 2.05) is 0 Å². The van der Waals surface area contributed by atoms with Crippen molar-refractivity contribution in [2.75, 3.05) is 7.05 Å². The molecule has 2 unspecified atom stereocenters. The average molecular weight is 267 g/mol. The first-order valence-electron chi connectivity index (χ1n) is 7.19. The summed E-state index contributed by atoms with van der Waals surface area (Å²) in [6.07, 6.45) is 0.778. The fourth-order valence-corrected chi connectivity index (χ4v) is 2.35. The molecule has 0 aliphatic rings. The minimum atomic E-state index is -0.00516. The lowest BCUT2D eigenvalue weighted by Crippen LogP contribution is -2.45. The van der Waals surface area contributed by atoms with E-state index in [2.05, 4.69) is 67.0 Å². The van der Waals surface area contributed by atoms with Crippen molar-refractivity contribution in [3.63, 3.8) is 0 Å². The van der Waals surface area contributed by atoms with Crippen LogP contribution in [0.25, 0.3) is 0 Å². The Morgan fingerprint density at radius 3 is 1.84 bits per heavy atom. The predicted molar refractivity (Wildman–Crippen MR) is 84.4 cm³/mol. The normalized spacial score (nSPS) is 16.3. The predicted octanol–water partition coefficient (Wildman–Crippen LogP) is 4.30. The number of carbonyl (C=O) groups excluding carboxylic acids is 1. The van der Waals surface area contributed by atoms with Crippen molar-refractivity contribution < 1.29 is 4.79 Å². The van der Waals surface area contributed by atoms with Crippen LogP contribution in [0.2, 0.25) is 0 Å². The van der Waals surface area contributed by atoms with Gasteiger partial charge in [-0.2, -0.15) is 0 Å². The van der Waals surface area contributed by atoms with Gasteiger partial charge >= 0.3 is 0 Å². The third-order valence-electron chi connectivity index (χ3n) is 4.23. The minimum absolute atomic E-state index is 0.00516. The molecule has 0 N–H and O–H groups in total. The quantitative estimate of drug-likeness (QED) is 0.692. The Morgan fingerprint density at radius 1 is 1.16 bits per heavy atom. The van der Waals surface area contributed by atoms with E-state index in [0.29, 0.717) is 0 Å². The van der Waals surface area contributed by atoms with Crippen molar-refractivity contribution in [2.24, 2.45) is 11.3 Å². The van der Waals surface area contributed by atoms with Gasteiger partial charge in [0.2, 0.25) is 0 Å². The number of hydrogen-bond donors (Lipinski definition) is 0. The summed E-state index contributed by atoms with van der Waals surface area (Å²) >= 11 is 0. The molecular formula is C17H33NO. The Hall–Kier alpha value is -0.630. The van der Waals surface area contributed by atoms with Gasteiger partial charge in [0.25, 0.3) is 0 Å². The van der Waals surface area contributed by atoms with Gasteiger partial charge in [-0.05, 0) is 53.5 Å². The van der Waals surface area contributed by atoms with E-state index in [1.54, 1.807) is 6.92 Å². The van der Waals surface area contributed by atoms with Gasteiger partial charge in [-0.25, -0.2) is 0 Å². The van der Waals surface area contributed by atoms with Gasteiger partial charge < -0.3 is 0 Å². The second-order valence-electron chi connectivity index (χ2n) is 7.85. The highest BCUT2D eigenvalue weighted by Crippen LogP contribution is 2.33. The molecule has 0 aliphatic heterocycles. The maximum atomic E-state index is 11.9. The number of nitrogens with zero attached hydrogens (tertiary/aromatic N) is 1. The molecule has 0 aromatic heterocycles. The standard InChI is InChI=1S/C17H33NO/c1-12(13(2)18(10)17(7,8)9)11-15(14(3)19)16(4,5)6/h13,15H,1,11H2,2-10H3. The summed E-state index contributed by atoms with van der Waals surface area (Å²) in [5.74, 6) is 0.315. The van der Waals surface area contributed by atoms with Crippen molar-refractivity contribution >= 4 is 5.78 Å². The number of hydrogen-bond acceptors (Lipinski definition) is 2. The summed E-state index contributed by atoms with van der Waals surface area (Å²) in [6.45, 7) is 21.1. The Morgan fingerprint density at radius 2 is 1.58 bits per heavy atom. The van der Waals surface area contributed by atoms with Crippen LogP contribution in [0.5, 0.6) is 0 Å². The average Bonchev–Trinajstić information content (AvgIpc) is 2.19. The summed E-state index contributed by atoms with van der Waals surface area (Å²) in [4.78, 5) is 14.2. The number of ketones is 1. The molecule has 2 atom stereocenters. The van der Waals surface area contributed by atoms with Crippen LogP contribution in [0, 0.1) is 11.3 Å². The Kier molecular flexibility index (Phi) is 6.01. The van der Waals surface area contributed by atoms with Crippen molar-refractivity contribution in [1.82, 2.24) is 4.90 Å². The molecule has 0 aliphatic carbocycles. The first kappa shape index (κ1) is 18.4. The highest BCUT2D eigenvalue weighted by Gasteiger charge is 2.31. The molecule has 19 heavy (non-hydrogen) atoms. The van der Waals surface area contributed by atoms with Gasteiger partial charge in [0.1, 0.15) is 5.78 Å². The van der Waals surface area contributed by atoms with Crippen molar-refractivity contribution in [3.05, 3.63) is 12.2 Å². The smallest absolute Gasteiger partial charge is 0.133 e. The van der Waals surface area contributed by atoms with Gasteiger partial charge in [-0.3, -0.25) is 9.69 Å². The zero-order chi connectivity index (χ0) is 15.6. The Bertz CT molecular complexity index is 330. The van der Waals surface area contributed by atoms with Crippen LogP contribution < -0.4 is 0 Å². The van der Waals surface area contributed by atoms with Crippen molar-refractivity contribution in [1.29, 1.82) is 0 Å². The fourth-order valence-electron chi connectivity index (χ4n) is 2.35. The second kappa shape index (κ2) is 6.21. The van der Waals surface area contributed by atoms with Gasteiger partial charge in [0, 0.05) is 17.5 Å². The molecule has 0 heterocycles. The lowest BCUT2D eigenvalue weighted by atomic mass is 9.74. The Labute approximate surface area is 120 Å². The summed E-state index contributed by atoms with van der Waals surface area (Å²) in [6, 6.07) is 0.282. The highest BCUT2D eigenvalue weighted by molar-refractivity contribution is 5.79. The topological polar surface area (TPSA) is 20.3 Å². The number of likely N-dealkylation sites (N-methyl/N-ethyl adjacent to an activating group) is 1. The molecule has 0 saturated carbocycles. The molecule has 0 spiro atoms. The van der Waals surface area contributed by atoms with Gasteiger partial charge in [-0.15, -0.1) is 0 Å². The van der Waals surface area contributed by atoms with Crippen LogP contribution in [0.1, 0.15) is 61.8 Å². The van der Waals surface area contributed by atoms with E-state index < -0.39 is 0 Å². The monoisotopic (exact) mass is 267 g/mol. The van der Waals surface area contributed by atoms with E-state index in [0.717, 1.165) is 12.0 Å². The van der Waals surface area contributed by atoms with Gasteiger partial charge in [0.15, 0.2) is 0 Å². The zero-order valence-electron chi connectivity index (χ0n) is 14.4. The zero-order valence-corrected chi connectivity index (χ0v) is 14.4. The van der Waals surface area contributed by atoms with E-state index in [1.165, 1.54) is 0 Å². The molecule has 0 saturated heterocycles. The summed E-state index contributed by atoms with van der Waals surface area (Å²) in [7, 11) is 2.12. The van der Waals surface area contributed by atoms with Crippen LogP contribution in [-0.2, 0) is 4.79 Å². The molecule has 2 nitrogen and oxygen atoms in total. The molecule has 0 aromatic carbocycles. The molecule has 0 amide bonds. The van der Waals surface area contributed by atoms with Crippen molar-refractivity contribution in [2.45, 2.75) is 73.4 Å². The first-order chi connectivity index (χ1) is 8.28. The molecular weight excluding hydrogens is 234 g/mol. The Balaban J connectivity index is 4.90. The summed E-state index contributed by atoms with van der Waals surface area (Å²) < 4.78 is 0. The molecule has 0 radical (unpaired) electrons. The largest absolute Gasteiger partial charge is 0.300 e. The molecule has 0 rings (SSSR count). The van der Waals surface area contributed by atoms with Crippen LogP contribution in [0.4, 0.5) is 0 Å². The minimum Gasteiger partial charge on any atom is -0.300 e. The molecule has 112 valence electrons. The van der Waals surface area contributed by atoms with Crippen LogP contribution in [0.3, 0.4) is 0 Å². The van der Waals surface area contributed by atoms with Crippen molar-refractivity contribution in [3.8, 4) is 0 Å². The number of carbonyl (C=O) groups is 1. The second-order valence-corrected chi connectivity index (χ2v) is 7.85. The molecule has 0 fully saturated rings. The third kappa shape index (κ3) is 5.48. The van der Waals surface area contributed by atoms with Crippen LogP contribution in [-0.4, -0.2) is 29.3 Å². The van der Waals surface area contributed by atoms with Crippen LogP contribution >= 0.6 is 0 Å². The number of Topliss-reactive ketones (excluding diaryl/α,β-unsaturated/α-hetero) is 1. The van der Waals surface area contributed by atoms with Crippen LogP contribution in [0.15, 0.2) is 12.2 Å². The highest BCUT2D eigenvalue weighted by atomic mass is 16.1. The maximum Gasteiger partial charge on any atom is 0.133 e. The lowest BCUT2D eigenvalue weighted by molar-refractivity contribution is -0.123. The first-order valence-corrected chi connectivity index (χ1v) is 7.19. The third-order valence-corrected chi connectivity index (χ3v) is 4.23. The van der Waals surface area contributed by atoms with E-state index in [-0.39, 0.29) is 28.7 Å². The summed E-state index contributed by atoms with van der Waals surface area (Å²) in [5.41, 5.74) is 1.25. The van der Waals surface area contributed by atoms with Gasteiger partial charge in [-0.1, -0.05) is 32.9 Å². The molecule has 0 aromatic rings.